The lowest BCUT2D eigenvalue weighted by atomic mass is 10.1. The highest BCUT2D eigenvalue weighted by molar-refractivity contribution is 5.94. The molecule has 0 radical (unpaired) electrons. The molecule has 0 heterocycles. The monoisotopic (exact) mass is 322 g/mol. The number of aliphatic hydroxyl groups is 1. The summed E-state index contributed by atoms with van der Waals surface area (Å²) in [4.78, 5) is 11.3. The molecule has 0 aliphatic carbocycles. The first-order valence-corrected chi connectivity index (χ1v) is 6.96. The molecular weight excluding hydrogens is 306 g/mol. The summed E-state index contributed by atoms with van der Waals surface area (Å²) in [5, 5.41) is 9.78. The lowest BCUT2D eigenvalue weighted by molar-refractivity contribution is 0.0609. The normalized spacial score (nSPS) is 11.8. The lowest BCUT2D eigenvalue weighted by Gasteiger charge is -2.14. The van der Waals surface area contributed by atoms with Crippen molar-refractivity contribution in [2.75, 3.05) is 13.2 Å². The summed E-state index contributed by atoms with van der Waals surface area (Å²) in [5.41, 5.74) is 0.495. The third kappa shape index (κ3) is 4.75. The highest BCUT2D eigenvalue weighted by atomic mass is 19.2. The Labute approximate surface area is 132 Å². The standard InChI is InChI=1S/C17H16F2O4/c1-11(20)12-4-2-5-14(8-12)22-9-13(21)10-23-16-7-3-6-15(18)17(16)19/h2-8,13,21H,9-10H2,1H3. The number of Topliss-reactive ketones (excluding diaryl/α,β-unsaturated/α-hetero) is 1. The summed E-state index contributed by atoms with van der Waals surface area (Å²) in [5.74, 6) is -2.07. The van der Waals surface area contributed by atoms with Gasteiger partial charge < -0.3 is 14.6 Å². The van der Waals surface area contributed by atoms with Gasteiger partial charge in [0.25, 0.3) is 0 Å². The topological polar surface area (TPSA) is 55.8 Å². The van der Waals surface area contributed by atoms with E-state index < -0.39 is 17.7 Å². The first-order chi connectivity index (χ1) is 11.0. The van der Waals surface area contributed by atoms with E-state index in [2.05, 4.69) is 0 Å². The average molecular weight is 322 g/mol. The number of hydrogen-bond acceptors (Lipinski definition) is 4. The van der Waals surface area contributed by atoms with Crippen LogP contribution in [-0.2, 0) is 0 Å². The Bertz CT molecular complexity index is 688. The first kappa shape index (κ1) is 16.9. The van der Waals surface area contributed by atoms with Crippen molar-refractivity contribution in [2.24, 2.45) is 0 Å². The van der Waals surface area contributed by atoms with Gasteiger partial charge in [0.05, 0.1) is 0 Å². The number of aliphatic hydroxyl groups excluding tert-OH is 1. The second kappa shape index (κ2) is 7.69. The zero-order chi connectivity index (χ0) is 16.8. The van der Waals surface area contributed by atoms with Gasteiger partial charge in [0.15, 0.2) is 17.3 Å². The van der Waals surface area contributed by atoms with Crippen molar-refractivity contribution in [2.45, 2.75) is 13.0 Å². The molecule has 122 valence electrons. The lowest BCUT2D eigenvalue weighted by Crippen LogP contribution is -2.25. The molecular formula is C17H16F2O4. The first-order valence-electron chi connectivity index (χ1n) is 6.96. The number of rotatable bonds is 7. The van der Waals surface area contributed by atoms with E-state index in [9.17, 15) is 18.7 Å². The van der Waals surface area contributed by atoms with E-state index in [1.807, 2.05) is 0 Å². The van der Waals surface area contributed by atoms with Crippen LogP contribution in [0.25, 0.3) is 0 Å². The number of carbonyl (C=O) groups excluding carboxylic acids is 1. The zero-order valence-electron chi connectivity index (χ0n) is 12.5. The van der Waals surface area contributed by atoms with Crippen molar-refractivity contribution in [1.82, 2.24) is 0 Å². The molecule has 0 aliphatic rings. The second-order valence-electron chi connectivity index (χ2n) is 4.91. The molecule has 1 N–H and O–H groups in total. The SMILES string of the molecule is CC(=O)c1cccc(OCC(O)COc2cccc(F)c2F)c1. The molecule has 4 nitrogen and oxygen atoms in total. The minimum Gasteiger partial charge on any atom is -0.491 e. The van der Waals surface area contributed by atoms with Gasteiger partial charge in [-0.2, -0.15) is 4.39 Å². The van der Waals surface area contributed by atoms with E-state index in [0.717, 1.165) is 6.07 Å². The zero-order valence-corrected chi connectivity index (χ0v) is 12.5. The molecule has 23 heavy (non-hydrogen) atoms. The fourth-order valence-electron chi connectivity index (χ4n) is 1.83. The van der Waals surface area contributed by atoms with Gasteiger partial charge in [-0.15, -0.1) is 0 Å². The van der Waals surface area contributed by atoms with Crippen molar-refractivity contribution in [3.63, 3.8) is 0 Å². The Balaban J connectivity index is 1.85. The van der Waals surface area contributed by atoms with E-state index in [1.165, 1.54) is 19.1 Å². The molecule has 0 amide bonds. The smallest absolute Gasteiger partial charge is 0.200 e. The maximum atomic E-state index is 13.4. The fourth-order valence-corrected chi connectivity index (χ4v) is 1.83. The Morgan fingerprint density at radius 1 is 1.13 bits per heavy atom. The molecule has 0 fully saturated rings. The number of halogens is 2. The summed E-state index contributed by atoms with van der Waals surface area (Å²) >= 11 is 0. The number of hydrogen-bond donors (Lipinski definition) is 1. The fraction of sp³-hybridized carbons (Fsp3) is 0.235. The summed E-state index contributed by atoms with van der Waals surface area (Å²) in [7, 11) is 0. The van der Waals surface area contributed by atoms with Crippen LogP contribution in [0, 0.1) is 11.6 Å². The average Bonchev–Trinajstić information content (AvgIpc) is 2.54. The summed E-state index contributed by atoms with van der Waals surface area (Å²) < 4.78 is 36.8. The number of carbonyl (C=O) groups is 1. The van der Waals surface area contributed by atoms with Gasteiger partial charge >= 0.3 is 0 Å². The van der Waals surface area contributed by atoms with Gasteiger partial charge in [-0.3, -0.25) is 4.79 Å². The van der Waals surface area contributed by atoms with Gasteiger partial charge in [-0.25, -0.2) is 4.39 Å². The largest absolute Gasteiger partial charge is 0.491 e. The maximum absolute atomic E-state index is 13.4. The predicted octanol–water partition coefficient (Wildman–Crippen LogP) is 2.99. The Morgan fingerprint density at radius 3 is 2.57 bits per heavy atom. The van der Waals surface area contributed by atoms with Gasteiger partial charge in [0, 0.05) is 5.56 Å². The Hall–Kier alpha value is -2.47. The van der Waals surface area contributed by atoms with Gasteiger partial charge in [0.1, 0.15) is 25.1 Å². The van der Waals surface area contributed by atoms with Crippen molar-refractivity contribution in [1.29, 1.82) is 0 Å². The Morgan fingerprint density at radius 2 is 1.83 bits per heavy atom. The molecule has 0 spiro atoms. The summed E-state index contributed by atoms with van der Waals surface area (Å²) in [6.45, 7) is 1.07. The van der Waals surface area contributed by atoms with E-state index in [-0.39, 0.29) is 24.7 Å². The molecule has 6 heteroatoms. The van der Waals surface area contributed by atoms with Crippen LogP contribution < -0.4 is 9.47 Å². The number of benzene rings is 2. The van der Waals surface area contributed by atoms with Crippen molar-refractivity contribution in [3.8, 4) is 11.5 Å². The van der Waals surface area contributed by atoms with Gasteiger partial charge in [-0.05, 0) is 31.2 Å². The predicted molar refractivity (Wildman–Crippen MR) is 79.8 cm³/mol. The molecule has 0 saturated heterocycles. The third-order valence-electron chi connectivity index (χ3n) is 3.03. The van der Waals surface area contributed by atoms with Crippen LogP contribution in [0.3, 0.4) is 0 Å². The van der Waals surface area contributed by atoms with Gasteiger partial charge in [-0.1, -0.05) is 18.2 Å². The van der Waals surface area contributed by atoms with Crippen molar-refractivity contribution < 1.29 is 28.2 Å². The highest BCUT2D eigenvalue weighted by Crippen LogP contribution is 2.19. The van der Waals surface area contributed by atoms with Gasteiger partial charge in [0.2, 0.25) is 5.82 Å². The van der Waals surface area contributed by atoms with Crippen LogP contribution in [0.4, 0.5) is 8.78 Å². The van der Waals surface area contributed by atoms with Crippen LogP contribution in [0.5, 0.6) is 11.5 Å². The molecule has 1 atom stereocenters. The Kier molecular flexibility index (Phi) is 5.65. The maximum Gasteiger partial charge on any atom is 0.200 e. The molecule has 2 aromatic rings. The number of ether oxygens (including phenoxy) is 2. The van der Waals surface area contributed by atoms with Crippen LogP contribution in [-0.4, -0.2) is 30.2 Å². The van der Waals surface area contributed by atoms with Crippen LogP contribution in [0.1, 0.15) is 17.3 Å². The van der Waals surface area contributed by atoms with E-state index in [0.29, 0.717) is 11.3 Å². The van der Waals surface area contributed by atoms with E-state index in [4.69, 9.17) is 9.47 Å². The molecule has 0 saturated carbocycles. The molecule has 0 aliphatic heterocycles. The summed E-state index contributed by atoms with van der Waals surface area (Å²) in [6, 6.07) is 10.1. The molecule has 0 bridgehead atoms. The highest BCUT2D eigenvalue weighted by Gasteiger charge is 2.12. The van der Waals surface area contributed by atoms with Crippen LogP contribution in [0.2, 0.25) is 0 Å². The number of ketones is 1. The second-order valence-corrected chi connectivity index (χ2v) is 4.91. The van der Waals surface area contributed by atoms with Crippen LogP contribution in [0.15, 0.2) is 42.5 Å². The molecule has 2 aromatic carbocycles. The van der Waals surface area contributed by atoms with Crippen LogP contribution >= 0.6 is 0 Å². The van der Waals surface area contributed by atoms with E-state index >= 15 is 0 Å². The summed E-state index contributed by atoms with van der Waals surface area (Å²) in [6.07, 6.45) is -1.04. The molecule has 1 unspecified atom stereocenters. The molecule has 0 aromatic heterocycles. The van der Waals surface area contributed by atoms with E-state index in [1.54, 1.807) is 24.3 Å². The third-order valence-corrected chi connectivity index (χ3v) is 3.03. The van der Waals surface area contributed by atoms with Crippen molar-refractivity contribution in [3.05, 3.63) is 59.7 Å². The quantitative estimate of drug-likeness (QED) is 0.796. The minimum atomic E-state index is -1.10. The molecule has 2 rings (SSSR count). The van der Waals surface area contributed by atoms with Crippen molar-refractivity contribution >= 4 is 5.78 Å². The minimum absolute atomic E-state index is 0.0964.